The largest absolute Gasteiger partial charge is 0.296 e. The zero-order chi connectivity index (χ0) is 13.8. The molecule has 0 saturated carbocycles. The number of rotatable bonds is 5. The Labute approximate surface area is 135 Å². The number of thiophene rings is 1. The van der Waals surface area contributed by atoms with Gasteiger partial charge in [-0.15, -0.1) is 21.5 Å². The third kappa shape index (κ3) is 4.08. The second-order valence-electron chi connectivity index (χ2n) is 3.79. The lowest BCUT2D eigenvalue weighted by Gasteiger charge is -1.96. The van der Waals surface area contributed by atoms with Crippen LogP contribution in [0.2, 0.25) is 0 Å². The number of nitrogens with zero attached hydrogens (tertiary/aromatic N) is 2. The van der Waals surface area contributed by atoms with Gasteiger partial charge in [0, 0.05) is 10.9 Å². The van der Waals surface area contributed by atoms with Crippen molar-refractivity contribution in [3.05, 3.63) is 24.2 Å². The van der Waals surface area contributed by atoms with Gasteiger partial charge in [-0.3, -0.25) is 10.1 Å². The topological polar surface area (TPSA) is 54.9 Å². The lowest BCUT2D eigenvalue weighted by atomic mass is 10.3. The van der Waals surface area contributed by atoms with Crippen LogP contribution in [0, 0.1) is 0 Å². The number of aryl methyl sites for hydroxylation is 1. The van der Waals surface area contributed by atoms with Gasteiger partial charge in [0.2, 0.25) is 5.13 Å². The van der Waals surface area contributed by atoms with Gasteiger partial charge in [-0.2, -0.15) is 0 Å². The minimum absolute atomic E-state index is 0.158. The Morgan fingerprint density at radius 1 is 1.37 bits per heavy atom. The van der Waals surface area contributed by atoms with Crippen LogP contribution in [-0.2, 0) is 6.42 Å². The molecule has 4 nitrogen and oxygen atoms in total. The Balaban J connectivity index is 2.00. The fourth-order valence-corrected chi connectivity index (χ4v) is 4.06. The van der Waals surface area contributed by atoms with Crippen LogP contribution >= 0.6 is 54.5 Å². The second-order valence-corrected chi connectivity index (χ2v) is 8.08. The van der Waals surface area contributed by atoms with Gasteiger partial charge in [0.25, 0.3) is 5.91 Å². The molecule has 0 spiro atoms. The van der Waals surface area contributed by atoms with E-state index < -0.39 is 0 Å². The van der Waals surface area contributed by atoms with Gasteiger partial charge in [0.05, 0.1) is 8.66 Å². The van der Waals surface area contributed by atoms with Crippen LogP contribution in [0.5, 0.6) is 0 Å². The Hall–Kier alpha value is -0.310. The van der Waals surface area contributed by atoms with Crippen molar-refractivity contribution in [3.63, 3.8) is 0 Å². The van der Waals surface area contributed by atoms with Crippen molar-refractivity contribution in [2.24, 2.45) is 0 Å². The molecule has 2 aromatic heterocycles. The first-order chi connectivity index (χ1) is 9.10. The SMILES string of the molecule is CCCCc1nnc(NC(=O)c2cc(Br)c(Br)s2)s1. The van der Waals surface area contributed by atoms with Gasteiger partial charge in [0.15, 0.2) is 0 Å². The molecule has 0 fully saturated rings. The molecule has 0 aliphatic heterocycles. The highest BCUT2D eigenvalue weighted by Crippen LogP contribution is 2.32. The van der Waals surface area contributed by atoms with Crippen LogP contribution in [0.25, 0.3) is 0 Å². The summed E-state index contributed by atoms with van der Waals surface area (Å²) in [5, 5.41) is 12.3. The number of unbranched alkanes of at least 4 members (excludes halogenated alkanes) is 1. The van der Waals surface area contributed by atoms with Crippen molar-refractivity contribution in [1.82, 2.24) is 10.2 Å². The number of carbonyl (C=O) groups excluding carboxylic acids is 1. The summed E-state index contributed by atoms with van der Waals surface area (Å²) in [6, 6.07) is 1.78. The number of carbonyl (C=O) groups is 1. The Morgan fingerprint density at radius 3 is 2.79 bits per heavy atom. The van der Waals surface area contributed by atoms with Crippen LogP contribution in [0.15, 0.2) is 14.3 Å². The van der Waals surface area contributed by atoms with Crippen LogP contribution in [-0.4, -0.2) is 16.1 Å². The average molecular weight is 425 g/mol. The Morgan fingerprint density at radius 2 is 2.16 bits per heavy atom. The minimum Gasteiger partial charge on any atom is -0.296 e. The molecule has 0 saturated heterocycles. The monoisotopic (exact) mass is 423 g/mol. The van der Waals surface area contributed by atoms with E-state index in [0.717, 1.165) is 32.5 Å². The molecule has 0 radical (unpaired) electrons. The summed E-state index contributed by atoms with van der Waals surface area (Å²) in [6.45, 7) is 2.14. The quantitative estimate of drug-likeness (QED) is 0.755. The zero-order valence-electron chi connectivity index (χ0n) is 10.1. The maximum absolute atomic E-state index is 12.0. The first-order valence-electron chi connectivity index (χ1n) is 5.68. The van der Waals surface area contributed by atoms with E-state index in [4.69, 9.17) is 0 Å². The number of hydrogen-bond acceptors (Lipinski definition) is 5. The molecule has 2 aromatic rings. The minimum atomic E-state index is -0.158. The number of aromatic nitrogens is 2. The smallest absolute Gasteiger partial charge is 0.267 e. The molecule has 2 rings (SSSR count). The molecule has 0 atom stereocenters. The lowest BCUT2D eigenvalue weighted by Crippen LogP contribution is -2.09. The van der Waals surface area contributed by atoms with Crippen molar-refractivity contribution in [2.75, 3.05) is 5.32 Å². The number of hydrogen-bond donors (Lipinski definition) is 1. The van der Waals surface area contributed by atoms with Crippen LogP contribution in [0.4, 0.5) is 5.13 Å². The molecule has 0 bridgehead atoms. The maximum atomic E-state index is 12.0. The molecule has 0 aromatic carbocycles. The van der Waals surface area contributed by atoms with Gasteiger partial charge < -0.3 is 0 Å². The summed E-state index contributed by atoms with van der Waals surface area (Å²) in [5.41, 5.74) is 0. The van der Waals surface area contributed by atoms with Crippen molar-refractivity contribution in [2.45, 2.75) is 26.2 Å². The molecular formula is C11H11Br2N3OS2. The first kappa shape index (κ1) is 15.1. The van der Waals surface area contributed by atoms with Crippen LogP contribution in [0.1, 0.15) is 34.4 Å². The highest BCUT2D eigenvalue weighted by molar-refractivity contribution is 9.13. The van der Waals surface area contributed by atoms with Gasteiger partial charge in [0.1, 0.15) is 5.01 Å². The third-order valence-electron chi connectivity index (χ3n) is 2.30. The molecular weight excluding hydrogens is 414 g/mol. The first-order valence-corrected chi connectivity index (χ1v) is 8.90. The molecule has 1 N–H and O–H groups in total. The maximum Gasteiger partial charge on any atom is 0.267 e. The summed E-state index contributed by atoms with van der Waals surface area (Å²) in [5.74, 6) is -0.158. The van der Waals surface area contributed by atoms with E-state index in [9.17, 15) is 4.79 Å². The summed E-state index contributed by atoms with van der Waals surface area (Å²) in [4.78, 5) is 12.6. The summed E-state index contributed by atoms with van der Waals surface area (Å²) in [7, 11) is 0. The van der Waals surface area contributed by atoms with Gasteiger partial charge in [-0.1, -0.05) is 24.7 Å². The van der Waals surface area contributed by atoms with E-state index in [-0.39, 0.29) is 5.91 Å². The van der Waals surface area contributed by atoms with E-state index in [1.165, 1.54) is 22.7 Å². The molecule has 102 valence electrons. The highest BCUT2D eigenvalue weighted by Gasteiger charge is 2.14. The van der Waals surface area contributed by atoms with Crippen molar-refractivity contribution < 1.29 is 4.79 Å². The van der Waals surface area contributed by atoms with Gasteiger partial charge in [-0.25, -0.2) is 0 Å². The van der Waals surface area contributed by atoms with Crippen LogP contribution in [0.3, 0.4) is 0 Å². The van der Waals surface area contributed by atoms with Gasteiger partial charge >= 0.3 is 0 Å². The fraction of sp³-hybridized carbons (Fsp3) is 0.364. The molecule has 0 aliphatic carbocycles. The Bertz CT molecular complexity index is 563. The van der Waals surface area contributed by atoms with Gasteiger partial charge in [-0.05, 0) is 44.3 Å². The zero-order valence-corrected chi connectivity index (χ0v) is 14.9. The third-order valence-corrected chi connectivity index (χ3v) is 6.45. The number of nitrogens with one attached hydrogen (secondary N) is 1. The standard InChI is InChI=1S/C11H11Br2N3OS2/c1-2-3-4-8-15-16-11(19-8)14-10(17)7-5-6(12)9(13)18-7/h5H,2-4H2,1H3,(H,14,16,17). The van der Waals surface area contributed by atoms with Crippen molar-refractivity contribution >= 4 is 65.6 Å². The molecule has 19 heavy (non-hydrogen) atoms. The van der Waals surface area contributed by atoms with E-state index in [2.05, 4.69) is 54.3 Å². The van der Waals surface area contributed by atoms with E-state index in [1.807, 2.05) is 0 Å². The van der Waals surface area contributed by atoms with E-state index in [1.54, 1.807) is 6.07 Å². The summed E-state index contributed by atoms with van der Waals surface area (Å²) in [6.07, 6.45) is 3.13. The van der Waals surface area contributed by atoms with Crippen molar-refractivity contribution in [1.29, 1.82) is 0 Å². The molecule has 1 amide bonds. The Kier molecular flexibility index (Phi) is 5.49. The molecule has 2 heterocycles. The summed E-state index contributed by atoms with van der Waals surface area (Å²) >= 11 is 9.54. The lowest BCUT2D eigenvalue weighted by molar-refractivity contribution is 0.103. The highest BCUT2D eigenvalue weighted by atomic mass is 79.9. The van der Waals surface area contributed by atoms with Crippen LogP contribution < -0.4 is 5.32 Å². The molecule has 8 heteroatoms. The predicted molar refractivity (Wildman–Crippen MR) is 86.2 cm³/mol. The summed E-state index contributed by atoms with van der Waals surface area (Å²) < 4.78 is 1.78. The molecule has 0 aliphatic rings. The van der Waals surface area contributed by atoms with E-state index >= 15 is 0 Å². The fourth-order valence-electron chi connectivity index (χ4n) is 1.35. The number of halogens is 2. The van der Waals surface area contributed by atoms with E-state index in [0.29, 0.717) is 10.0 Å². The van der Waals surface area contributed by atoms with Crippen molar-refractivity contribution in [3.8, 4) is 0 Å². The predicted octanol–water partition coefficient (Wildman–Crippen LogP) is 4.72. The molecule has 0 unspecified atom stereocenters. The number of anilines is 1. The number of amides is 1. The normalized spacial score (nSPS) is 10.7. The second kappa shape index (κ2) is 6.92. The average Bonchev–Trinajstić information content (AvgIpc) is 2.95.